The molecular formula is C13H21N3O. The van der Waals surface area contributed by atoms with Gasteiger partial charge in [0.25, 0.3) is 5.91 Å². The highest BCUT2D eigenvalue weighted by Crippen LogP contribution is 2.10. The molecule has 1 aliphatic rings. The average Bonchev–Trinajstić information content (AvgIpc) is 2.90. The first-order valence-corrected chi connectivity index (χ1v) is 6.47. The number of likely N-dealkylation sites (N-methyl/N-ethyl adjacent to an activating group) is 1. The first-order valence-electron chi connectivity index (χ1n) is 6.47. The molecule has 17 heavy (non-hydrogen) atoms. The summed E-state index contributed by atoms with van der Waals surface area (Å²) in [5, 5.41) is 3.48. The minimum atomic E-state index is 0.102. The summed E-state index contributed by atoms with van der Waals surface area (Å²) in [5.74, 6) is 0.102. The Morgan fingerprint density at radius 2 is 2.41 bits per heavy atom. The van der Waals surface area contributed by atoms with Crippen LogP contribution in [0.1, 0.15) is 36.7 Å². The van der Waals surface area contributed by atoms with Crippen molar-refractivity contribution >= 4 is 5.91 Å². The van der Waals surface area contributed by atoms with Crippen LogP contribution in [-0.4, -0.2) is 41.5 Å². The molecule has 2 N–H and O–H groups in total. The van der Waals surface area contributed by atoms with Gasteiger partial charge in [-0.25, -0.2) is 0 Å². The van der Waals surface area contributed by atoms with E-state index >= 15 is 0 Å². The summed E-state index contributed by atoms with van der Waals surface area (Å²) in [6, 6.07) is 4.15. The predicted octanol–water partition coefficient (Wildman–Crippen LogP) is 1.62. The number of amides is 1. The van der Waals surface area contributed by atoms with Crippen LogP contribution in [0.15, 0.2) is 18.3 Å². The van der Waals surface area contributed by atoms with E-state index < -0.39 is 0 Å². The number of H-pyrrole nitrogens is 1. The van der Waals surface area contributed by atoms with E-state index in [2.05, 4.69) is 10.3 Å². The Kier molecular flexibility index (Phi) is 4.20. The van der Waals surface area contributed by atoms with Gasteiger partial charge in [-0.3, -0.25) is 4.79 Å². The summed E-state index contributed by atoms with van der Waals surface area (Å²) in [4.78, 5) is 17.1. The second kappa shape index (κ2) is 5.87. The zero-order chi connectivity index (χ0) is 12.1. The summed E-state index contributed by atoms with van der Waals surface area (Å²) in [6.45, 7) is 4.69. The van der Waals surface area contributed by atoms with Gasteiger partial charge in [-0.2, -0.15) is 0 Å². The van der Waals surface area contributed by atoms with Gasteiger partial charge in [0.1, 0.15) is 5.69 Å². The molecule has 1 saturated heterocycles. The fourth-order valence-electron chi connectivity index (χ4n) is 2.34. The molecule has 1 atom stereocenters. The molecular weight excluding hydrogens is 214 g/mol. The maximum Gasteiger partial charge on any atom is 0.270 e. The third kappa shape index (κ3) is 3.09. The number of piperidine rings is 1. The third-order valence-electron chi connectivity index (χ3n) is 3.35. The fourth-order valence-corrected chi connectivity index (χ4v) is 2.34. The molecule has 1 aromatic rings. The molecule has 1 aliphatic heterocycles. The van der Waals surface area contributed by atoms with Crippen LogP contribution in [0.5, 0.6) is 0 Å². The van der Waals surface area contributed by atoms with Crippen molar-refractivity contribution in [1.29, 1.82) is 0 Å². The van der Waals surface area contributed by atoms with Gasteiger partial charge in [0, 0.05) is 25.3 Å². The van der Waals surface area contributed by atoms with Gasteiger partial charge < -0.3 is 15.2 Å². The van der Waals surface area contributed by atoms with Crippen molar-refractivity contribution in [2.45, 2.75) is 32.2 Å². The molecule has 0 aliphatic carbocycles. The molecule has 2 rings (SSSR count). The van der Waals surface area contributed by atoms with Crippen molar-refractivity contribution in [3.63, 3.8) is 0 Å². The maximum absolute atomic E-state index is 12.2. The maximum atomic E-state index is 12.2. The second-order valence-electron chi connectivity index (χ2n) is 4.57. The number of carbonyl (C=O) groups excluding carboxylic acids is 1. The van der Waals surface area contributed by atoms with Crippen molar-refractivity contribution in [2.24, 2.45) is 0 Å². The van der Waals surface area contributed by atoms with Crippen molar-refractivity contribution in [3.8, 4) is 0 Å². The molecule has 0 bridgehead atoms. The number of rotatable bonds is 4. The van der Waals surface area contributed by atoms with E-state index in [-0.39, 0.29) is 5.91 Å². The lowest BCUT2D eigenvalue weighted by Gasteiger charge is -2.29. The second-order valence-corrected chi connectivity index (χ2v) is 4.57. The third-order valence-corrected chi connectivity index (χ3v) is 3.35. The molecule has 0 saturated carbocycles. The van der Waals surface area contributed by atoms with Crippen molar-refractivity contribution < 1.29 is 4.79 Å². The lowest BCUT2D eigenvalue weighted by Crippen LogP contribution is -2.45. The Morgan fingerprint density at radius 3 is 3.00 bits per heavy atom. The molecule has 94 valence electrons. The van der Waals surface area contributed by atoms with E-state index in [9.17, 15) is 4.79 Å². The number of hydrogen-bond donors (Lipinski definition) is 2. The molecule has 1 unspecified atom stereocenters. The summed E-state index contributed by atoms with van der Waals surface area (Å²) in [6.07, 6.45) is 5.49. The number of nitrogens with zero attached hydrogens (tertiary/aromatic N) is 1. The zero-order valence-electron chi connectivity index (χ0n) is 10.4. The van der Waals surface area contributed by atoms with E-state index in [1.165, 1.54) is 19.3 Å². The highest BCUT2D eigenvalue weighted by atomic mass is 16.2. The topological polar surface area (TPSA) is 48.1 Å². The Hall–Kier alpha value is -1.29. The highest BCUT2D eigenvalue weighted by Gasteiger charge is 2.20. The van der Waals surface area contributed by atoms with Crippen molar-refractivity contribution in [1.82, 2.24) is 15.2 Å². The van der Waals surface area contributed by atoms with Gasteiger partial charge in [0.15, 0.2) is 0 Å². The van der Waals surface area contributed by atoms with Crippen LogP contribution in [0.2, 0.25) is 0 Å². The van der Waals surface area contributed by atoms with Crippen LogP contribution in [-0.2, 0) is 0 Å². The van der Waals surface area contributed by atoms with Gasteiger partial charge in [-0.15, -0.1) is 0 Å². The van der Waals surface area contributed by atoms with E-state index in [0.29, 0.717) is 11.7 Å². The van der Waals surface area contributed by atoms with Crippen LogP contribution in [0.3, 0.4) is 0 Å². The molecule has 0 radical (unpaired) electrons. The van der Waals surface area contributed by atoms with Crippen LogP contribution >= 0.6 is 0 Å². The fraction of sp³-hybridized carbons (Fsp3) is 0.615. The number of aromatic nitrogens is 1. The summed E-state index contributed by atoms with van der Waals surface area (Å²) < 4.78 is 0. The molecule has 1 fully saturated rings. The normalized spacial score (nSPS) is 20.2. The molecule has 4 nitrogen and oxygen atoms in total. The van der Waals surface area contributed by atoms with E-state index in [4.69, 9.17) is 0 Å². The highest BCUT2D eigenvalue weighted by molar-refractivity contribution is 5.92. The smallest absolute Gasteiger partial charge is 0.270 e. The Labute approximate surface area is 102 Å². The van der Waals surface area contributed by atoms with Gasteiger partial charge in [0.2, 0.25) is 0 Å². The minimum Gasteiger partial charge on any atom is -0.357 e. The SMILES string of the molecule is CCN(CC1CCCCN1)C(=O)c1ccc[nH]1. The molecule has 4 heteroatoms. The number of nitrogens with one attached hydrogen (secondary N) is 2. The van der Waals surface area contributed by atoms with Crippen LogP contribution in [0.4, 0.5) is 0 Å². The molecule has 0 aromatic carbocycles. The van der Waals surface area contributed by atoms with Crippen LogP contribution < -0.4 is 5.32 Å². The van der Waals surface area contributed by atoms with Crippen LogP contribution in [0, 0.1) is 0 Å². The van der Waals surface area contributed by atoms with E-state index in [1.54, 1.807) is 6.20 Å². The summed E-state index contributed by atoms with van der Waals surface area (Å²) in [5.41, 5.74) is 0.683. The Morgan fingerprint density at radius 1 is 1.53 bits per heavy atom. The Balaban J connectivity index is 1.93. The molecule has 2 heterocycles. The predicted molar refractivity (Wildman–Crippen MR) is 68.0 cm³/mol. The van der Waals surface area contributed by atoms with Crippen molar-refractivity contribution in [3.05, 3.63) is 24.0 Å². The number of aromatic amines is 1. The quantitative estimate of drug-likeness (QED) is 0.833. The van der Waals surface area contributed by atoms with Crippen LogP contribution in [0.25, 0.3) is 0 Å². The van der Waals surface area contributed by atoms with Gasteiger partial charge in [-0.05, 0) is 38.4 Å². The average molecular weight is 235 g/mol. The number of hydrogen-bond acceptors (Lipinski definition) is 2. The largest absolute Gasteiger partial charge is 0.357 e. The zero-order valence-corrected chi connectivity index (χ0v) is 10.4. The van der Waals surface area contributed by atoms with Gasteiger partial charge >= 0.3 is 0 Å². The first kappa shape index (κ1) is 12.2. The van der Waals surface area contributed by atoms with Crippen molar-refractivity contribution in [2.75, 3.05) is 19.6 Å². The monoisotopic (exact) mass is 235 g/mol. The Bertz CT molecular complexity index is 342. The lowest BCUT2D eigenvalue weighted by molar-refractivity contribution is 0.0736. The summed E-state index contributed by atoms with van der Waals surface area (Å²) >= 11 is 0. The lowest BCUT2D eigenvalue weighted by atomic mass is 10.0. The number of carbonyl (C=O) groups is 1. The van der Waals surface area contributed by atoms with Gasteiger partial charge in [0.05, 0.1) is 0 Å². The molecule has 1 amide bonds. The summed E-state index contributed by atoms with van der Waals surface area (Å²) in [7, 11) is 0. The minimum absolute atomic E-state index is 0.102. The first-order chi connectivity index (χ1) is 8.31. The van der Waals surface area contributed by atoms with E-state index in [0.717, 1.165) is 19.6 Å². The molecule has 1 aromatic heterocycles. The molecule has 0 spiro atoms. The standard InChI is InChI=1S/C13H21N3O/c1-2-16(10-11-6-3-4-8-14-11)13(17)12-7-5-9-15-12/h5,7,9,11,14-15H,2-4,6,8,10H2,1H3. The van der Waals surface area contributed by atoms with E-state index in [1.807, 2.05) is 24.0 Å². The van der Waals surface area contributed by atoms with Gasteiger partial charge in [-0.1, -0.05) is 6.42 Å².